The summed E-state index contributed by atoms with van der Waals surface area (Å²) in [6, 6.07) is 8.24. The van der Waals surface area contributed by atoms with E-state index in [0.29, 0.717) is 67.1 Å². The van der Waals surface area contributed by atoms with Crippen molar-refractivity contribution in [1.29, 1.82) is 5.26 Å². The number of carbonyl (C=O) groups excluding carboxylic acids is 5. The second-order valence-electron chi connectivity index (χ2n) is 17.0. The zero-order valence-corrected chi connectivity index (χ0v) is 33.8. The van der Waals surface area contributed by atoms with E-state index in [0.717, 1.165) is 62.8 Å². The largest absolute Gasteiger partial charge is 0.490 e. The van der Waals surface area contributed by atoms with Crippen LogP contribution in [0, 0.1) is 22.6 Å². The van der Waals surface area contributed by atoms with Gasteiger partial charge in [-0.1, -0.05) is 11.6 Å². The van der Waals surface area contributed by atoms with Crippen LogP contribution in [0.3, 0.4) is 0 Å². The van der Waals surface area contributed by atoms with Crippen LogP contribution < -0.4 is 20.3 Å². The summed E-state index contributed by atoms with van der Waals surface area (Å²) in [5, 5.41) is 9.45. The number of likely N-dealkylation sites (tertiary alicyclic amines) is 2. The lowest BCUT2D eigenvalue weighted by Gasteiger charge is -2.55. The van der Waals surface area contributed by atoms with Crippen molar-refractivity contribution < 1.29 is 33.1 Å². The van der Waals surface area contributed by atoms with E-state index in [1.165, 1.54) is 23.4 Å². The van der Waals surface area contributed by atoms with E-state index in [1.54, 1.807) is 18.2 Å². The van der Waals surface area contributed by atoms with E-state index in [2.05, 4.69) is 19.8 Å². The summed E-state index contributed by atoms with van der Waals surface area (Å²) in [4.78, 5) is 83.7. The summed E-state index contributed by atoms with van der Waals surface area (Å²) in [6.07, 6.45) is 8.60. The van der Waals surface area contributed by atoms with Gasteiger partial charge >= 0.3 is 0 Å². The fraction of sp³-hybridized carbons (Fsp3) is 0.488. The average molecular weight is 838 g/mol. The van der Waals surface area contributed by atoms with Gasteiger partial charge in [0.05, 0.1) is 39.1 Å². The fourth-order valence-corrected chi connectivity index (χ4v) is 10.4. The molecule has 3 aromatic rings. The molecule has 4 saturated heterocycles. The average Bonchev–Trinajstić information content (AvgIpc) is 3.47. The molecule has 1 saturated carbocycles. The molecule has 1 aliphatic carbocycles. The van der Waals surface area contributed by atoms with Crippen LogP contribution in [0.15, 0.2) is 42.7 Å². The number of halogens is 2. The number of ether oxygens (including phenoxy) is 1. The van der Waals surface area contributed by atoms with Crippen LogP contribution in [-0.4, -0.2) is 118 Å². The van der Waals surface area contributed by atoms with Gasteiger partial charge < -0.3 is 25.2 Å². The minimum absolute atomic E-state index is 0.00198. The molecule has 2 aromatic carbocycles. The normalized spacial score (nSPS) is 24.7. The third kappa shape index (κ3) is 7.21. The highest BCUT2D eigenvalue weighted by Crippen LogP contribution is 2.43. The summed E-state index contributed by atoms with van der Waals surface area (Å²) in [7, 11) is 0. The molecule has 6 aliphatic rings. The maximum absolute atomic E-state index is 15.8. The first-order chi connectivity index (χ1) is 28.9. The molecule has 0 radical (unpaired) electrons. The van der Waals surface area contributed by atoms with Gasteiger partial charge in [-0.15, -0.1) is 0 Å². The summed E-state index contributed by atoms with van der Waals surface area (Å²) >= 11 is 6.17. The van der Waals surface area contributed by atoms with Crippen molar-refractivity contribution in [2.75, 3.05) is 49.1 Å². The number of imide groups is 2. The number of carbonyl (C=O) groups is 5. The number of hydrogen-bond donors (Lipinski definition) is 1. The SMILES string of the molecule is N#Cc1ccc(OC2CCC(N3C(=O)CCC(N4C(=O)c5cc(F)c(N6CCC(N7CCC8(CC7)CN(c7ncc(C(N)=O)cn7)C8)CC6)cc5C4=O)C3=O)CC2)cc1Cl. The number of nitrogens with two attached hydrogens (primary N) is 1. The van der Waals surface area contributed by atoms with E-state index in [1.807, 2.05) is 11.0 Å². The molecule has 5 amide bonds. The van der Waals surface area contributed by atoms with Crippen molar-refractivity contribution in [1.82, 2.24) is 24.7 Å². The van der Waals surface area contributed by atoms with Crippen LogP contribution in [0.25, 0.3) is 0 Å². The van der Waals surface area contributed by atoms with Crippen LogP contribution in [0.4, 0.5) is 16.0 Å². The van der Waals surface area contributed by atoms with Gasteiger partial charge in [-0.25, -0.2) is 14.4 Å². The van der Waals surface area contributed by atoms with E-state index in [-0.39, 0.29) is 52.6 Å². The van der Waals surface area contributed by atoms with Crippen LogP contribution in [-0.2, 0) is 9.59 Å². The molecule has 60 heavy (non-hydrogen) atoms. The first-order valence-corrected chi connectivity index (χ1v) is 21.1. The quantitative estimate of drug-likeness (QED) is 0.318. The molecule has 17 heteroatoms. The smallest absolute Gasteiger partial charge is 0.262 e. The third-order valence-electron chi connectivity index (χ3n) is 13.5. The highest BCUT2D eigenvalue weighted by molar-refractivity contribution is 6.31. The van der Waals surface area contributed by atoms with Gasteiger partial charge in [0.15, 0.2) is 0 Å². The lowest BCUT2D eigenvalue weighted by molar-refractivity contribution is -0.155. The maximum Gasteiger partial charge on any atom is 0.262 e. The number of fused-ring (bicyclic) bond motifs is 1. The number of aromatic nitrogens is 2. The third-order valence-corrected chi connectivity index (χ3v) is 13.8. The molecule has 1 aromatic heterocycles. The molecule has 1 atom stereocenters. The lowest BCUT2D eigenvalue weighted by atomic mass is 9.71. The number of piperidine rings is 3. The standard InChI is InChI=1S/C43H45ClFN9O6/c44-33-17-30(4-1-25(33)20-46)60-29-5-2-28(3-6-29)53-37(55)8-7-35(41(53)59)54-39(57)31-18-34(45)36(19-32(31)40(54)58)51-13-9-27(10-14-51)50-15-11-43(12-16-50)23-52(24-43)42-48-21-26(22-49-42)38(47)56/h1,4,17-19,21-22,27-29,35H,2-3,5-16,23-24H2,(H2,47,56). The van der Waals surface area contributed by atoms with Gasteiger partial charge in [-0.3, -0.25) is 33.8 Å². The Bertz CT molecular complexity index is 2290. The number of hydrogen-bond acceptors (Lipinski definition) is 12. The molecule has 9 rings (SSSR count). The van der Waals surface area contributed by atoms with Crippen molar-refractivity contribution >= 4 is 52.8 Å². The van der Waals surface area contributed by atoms with E-state index in [4.69, 9.17) is 27.3 Å². The number of anilines is 2. The molecular weight excluding hydrogens is 793 g/mol. The highest BCUT2D eigenvalue weighted by Gasteiger charge is 2.50. The Balaban J connectivity index is 0.787. The van der Waals surface area contributed by atoms with Crippen molar-refractivity contribution in [3.63, 3.8) is 0 Å². The van der Waals surface area contributed by atoms with Crippen LogP contribution >= 0.6 is 11.6 Å². The Morgan fingerprint density at radius 2 is 1.52 bits per heavy atom. The highest BCUT2D eigenvalue weighted by atomic mass is 35.5. The molecule has 6 heterocycles. The van der Waals surface area contributed by atoms with Crippen molar-refractivity contribution in [2.45, 2.75) is 88.4 Å². The number of benzene rings is 2. The molecule has 1 unspecified atom stereocenters. The van der Waals surface area contributed by atoms with Crippen LogP contribution in [0.2, 0.25) is 5.02 Å². The first kappa shape index (κ1) is 39.8. The topological polar surface area (TPSA) is 186 Å². The summed E-state index contributed by atoms with van der Waals surface area (Å²) in [5.41, 5.74) is 6.43. The zero-order chi connectivity index (χ0) is 41.9. The minimum atomic E-state index is -1.16. The van der Waals surface area contributed by atoms with Crippen molar-refractivity contribution in [3.05, 3.63) is 75.8 Å². The Kier molecular flexibility index (Phi) is 10.4. The number of rotatable bonds is 8. The second kappa shape index (κ2) is 15.7. The maximum atomic E-state index is 15.8. The van der Waals surface area contributed by atoms with Gasteiger partial charge in [0.25, 0.3) is 23.6 Å². The predicted molar refractivity (Wildman–Crippen MR) is 216 cm³/mol. The Morgan fingerprint density at radius 1 is 0.850 bits per heavy atom. The Labute approximate surface area is 351 Å². The fourth-order valence-electron chi connectivity index (χ4n) is 10.1. The van der Waals surface area contributed by atoms with Gasteiger partial charge in [0.2, 0.25) is 11.9 Å². The van der Waals surface area contributed by atoms with Crippen molar-refractivity contribution in [3.8, 4) is 11.8 Å². The van der Waals surface area contributed by atoms with E-state index >= 15 is 4.39 Å². The minimum Gasteiger partial charge on any atom is -0.490 e. The zero-order valence-electron chi connectivity index (χ0n) is 33.0. The molecule has 5 aliphatic heterocycles. The van der Waals surface area contributed by atoms with Crippen molar-refractivity contribution in [2.24, 2.45) is 11.1 Å². The van der Waals surface area contributed by atoms with Gasteiger partial charge in [-0.05, 0) is 95.1 Å². The Hall–Kier alpha value is -5.66. The summed E-state index contributed by atoms with van der Waals surface area (Å²) < 4.78 is 21.9. The molecule has 312 valence electrons. The van der Waals surface area contributed by atoms with Crippen LogP contribution in [0.5, 0.6) is 5.75 Å². The van der Waals surface area contributed by atoms with E-state index in [9.17, 15) is 24.0 Å². The van der Waals surface area contributed by atoms with Gasteiger partial charge in [0, 0.05) is 68.6 Å². The molecule has 0 bridgehead atoms. The number of nitrogens with zero attached hydrogens (tertiary/aromatic N) is 8. The number of nitriles is 1. The second-order valence-corrected chi connectivity index (χ2v) is 17.4. The monoisotopic (exact) mass is 837 g/mol. The molecule has 5 fully saturated rings. The molecular formula is C43H45ClFN9O6. The first-order valence-electron chi connectivity index (χ1n) is 20.7. The summed E-state index contributed by atoms with van der Waals surface area (Å²) in [5.74, 6) is -2.31. The predicted octanol–water partition coefficient (Wildman–Crippen LogP) is 4.31. The number of primary amides is 1. The molecule has 15 nitrogen and oxygen atoms in total. The Morgan fingerprint density at radius 3 is 2.15 bits per heavy atom. The van der Waals surface area contributed by atoms with Crippen LogP contribution in [0.1, 0.15) is 101 Å². The molecule has 1 spiro atoms. The van der Waals surface area contributed by atoms with Gasteiger partial charge in [-0.2, -0.15) is 5.26 Å². The van der Waals surface area contributed by atoms with Gasteiger partial charge in [0.1, 0.15) is 23.7 Å². The number of amides is 5. The summed E-state index contributed by atoms with van der Waals surface area (Å²) in [6.45, 7) is 4.85. The van der Waals surface area contributed by atoms with E-state index < -0.39 is 41.5 Å². The lowest BCUT2D eigenvalue weighted by Crippen LogP contribution is -2.62. The molecule has 2 N–H and O–H groups in total.